The van der Waals surface area contributed by atoms with Crippen LogP contribution in [-0.2, 0) is 0 Å². The number of fused-ring (bicyclic) bond motifs is 2. The monoisotopic (exact) mass is 516 g/mol. The van der Waals surface area contributed by atoms with Crippen LogP contribution in [0.3, 0.4) is 0 Å². The minimum Gasteiger partial charge on any atom is -0.424 e. The maximum atomic E-state index is 12.7. The fourth-order valence-electron chi connectivity index (χ4n) is 3.44. The molecule has 1 unspecified atom stereocenters. The molecule has 4 aromatic heterocycles. The van der Waals surface area contributed by atoms with Crippen LogP contribution in [0.5, 0.6) is 0 Å². The van der Waals surface area contributed by atoms with E-state index in [1.807, 2.05) is 25.1 Å². The molecule has 2 N–H and O–H groups in total. The highest BCUT2D eigenvalue weighted by Gasteiger charge is 2.26. The van der Waals surface area contributed by atoms with Crippen LogP contribution in [0.15, 0.2) is 51.5 Å². The number of benzene rings is 1. The lowest BCUT2D eigenvalue weighted by molar-refractivity contribution is 0.404. The van der Waals surface area contributed by atoms with Gasteiger partial charge < -0.3 is 10.2 Å². The van der Waals surface area contributed by atoms with Gasteiger partial charge in [-0.3, -0.25) is 4.98 Å². The van der Waals surface area contributed by atoms with Gasteiger partial charge in [0.25, 0.3) is 0 Å². The Balaban J connectivity index is 1.83. The van der Waals surface area contributed by atoms with Crippen LogP contribution in [-0.4, -0.2) is 24.7 Å². The van der Waals surface area contributed by atoms with Crippen molar-refractivity contribution >= 4 is 61.6 Å². The second-order valence-electron chi connectivity index (χ2n) is 6.41. The first kappa shape index (κ1) is 18.2. The van der Waals surface area contributed by atoms with Crippen LogP contribution >= 0.6 is 33.9 Å². The molecule has 0 aliphatic heterocycles. The third kappa shape index (κ3) is 2.82. The van der Waals surface area contributed by atoms with E-state index in [1.165, 1.54) is 17.7 Å². The summed E-state index contributed by atoms with van der Waals surface area (Å²) in [5.74, 6) is 0.858. The summed E-state index contributed by atoms with van der Waals surface area (Å²) >= 11 is 3.59. The Morgan fingerprint density at radius 3 is 2.79 bits per heavy atom. The molecule has 1 aromatic carbocycles. The highest BCUT2D eigenvalue weighted by molar-refractivity contribution is 14.1. The summed E-state index contributed by atoms with van der Waals surface area (Å²) in [6.45, 7) is 1.92. The first-order chi connectivity index (χ1) is 14.1. The molecule has 4 heterocycles. The third-order valence-corrected chi connectivity index (χ3v) is 6.31. The molecule has 0 saturated heterocycles. The quantitative estimate of drug-likeness (QED) is 0.363. The lowest BCUT2D eigenvalue weighted by atomic mass is 10.0. The van der Waals surface area contributed by atoms with Crippen LogP contribution in [0.25, 0.3) is 32.2 Å². The van der Waals surface area contributed by atoms with E-state index in [9.17, 15) is 4.79 Å². The van der Waals surface area contributed by atoms with Gasteiger partial charge >= 0.3 is 5.63 Å². The van der Waals surface area contributed by atoms with Gasteiger partial charge in [-0.1, -0.05) is 18.2 Å². The number of nitrogen functional groups attached to an aromatic ring is 1. The van der Waals surface area contributed by atoms with Crippen molar-refractivity contribution in [2.75, 3.05) is 5.73 Å². The molecular weight excluding hydrogens is 503 g/mol. The molecular formula is C19H13IN6O2S. The van der Waals surface area contributed by atoms with Gasteiger partial charge in [0.15, 0.2) is 5.65 Å². The predicted octanol–water partition coefficient (Wildman–Crippen LogP) is 3.85. The first-order valence-corrected chi connectivity index (χ1v) is 10.6. The molecule has 5 aromatic rings. The van der Waals surface area contributed by atoms with Crippen LogP contribution < -0.4 is 11.4 Å². The highest BCUT2D eigenvalue weighted by Crippen LogP contribution is 2.38. The number of aromatic nitrogens is 5. The lowest BCUT2D eigenvalue weighted by Crippen LogP contribution is -2.14. The third-order valence-electron chi connectivity index (χ3n) is 4.77. The van der Waals surface area contributed by atoms with E-state index in [2.05, 4.69) is 42.6 Å². The molecule has 5 rings (SSSR count). The zero-order valence-corrected chi connectivity index (χ0v) is 18.0. The minimum atomic E-state index is -0.412. The summed E-state index contributed by atoms with van der Waals surface area (Å²) in [6, 6.07) is 7.00. The van der Waals surface area contributed by atoms with E-state index >= 15 is 0 Å². The number of halogens is 1. The molecule has 0 fully saturated rings. The van der Waals surface area contributed by atoms with Gasteiger partial charge in [-0.15, -0.1) is 11.3 Å². The Labute approximate surface area is 181 Å². The Bertz CT molecular complexity index is 1430. The Morgan fingerprint density at radius 1 is 1.24 bits per heavy atom. The zero-order valence-electron chi connectivity index (χ0n) is 15.0. The standard InChI is InChI=1S/C19H13IN6O2S/c1-9(26-18-14(16(20)25-26)17(21)23-7-24-18)15-13(12-6-22-8-29-12)10-4-2-3-5-11(10)19(27)28-15/h2-9H,1H3,(H2,21,23,24). The van der Waals surface area contributed by atoms with Crippen LogP contribution in [0.4, 0.5) is 5.82 Å². The van der Waals surface area contributed by atoms with Crippen LogP contribution in [0.2, 0.25) is 0 Å². The van der Waals surface area contributed by atoms with Gasteiger partial charge in [-0.25, -0.2) is 19.4 Å². The number of rotatable bonds is 3. The van der Waals surface area contributed by atoms with Crippen molar-refractivity contribution in [3.8, 4) is 10.4 Å². The molecule has 29 heavy (non-hydrogen) atoms. The number of thiazole rings is 1. The molecule has 0 amide bonds. The fraction of sp³-hybridized carbons (Fsp3) is 0.105. The van der Waals surface area contributed by atoms with Crippen LogP contribution in [0.1, 0.15) is 18.7 Å². The smallest absolute Gasteiger partial charge is 0.343 e. The summed E-state index contributed by atoms with van der Waals surface area (Å²) < 4.78 is 8.24. The van der Waals surface area contributed by atoms with E-state index in [0.29, 0.717) is 31.7 Å². The number of nitrogens with zero attached hydrogens (tertiary/aromatic N) is 5. The lowest BCUT2D eigenvalue weighted by Gasteiger charge is -2.16. The molecule has 1 atom stereocenters. The minimum absolute atomic E-state index is 0.362. The first-order valence-electron chi connectivity index (χ1n) is 8.65. The van der Waals surface area contributed by atoms with E-state index in [-0.39, 0.29) is 0 Å². The number of hydrogen-bond donors (Lipinski definition) is 1. The molecule has 0 spiro atoms. The topological polar surface area (TPSA) is 113 Å². The van der Waals surface area contributed by atoms with E-state index < -0.39 is 11.7 Å². The van der Waals surface area contributed by atoms with Gasteiger partial charge in [0.05, 0.1) is 21.2 Å². The largest absolute Gasteiger partial charge is 0.424 e. The maximum Gasteiger partial charge on any atom is 0.343 e. The van der Waals surface area contributed by atoms with Crippen molar-refractivity contribution in [1.29, 1.82) is 0 Å². The molecule has 0 bridgehead atoms. The highest BCUT2D eigenvalue weighted by atomic mass is 127. The van der Waals surface area contributed by atoms with Crippen molar-refractivity contribution in [2.24, 2.45) is 0 Å². The summed E-state index contributed by atoms with van der Waals surface area (Å²) in [5.41, 5.74) is 8.80. The van der Waals surface area contributed by atoms with Crippen molar-refractivity contribution in [3.05, 3.63) is 62.2 Å². The summed E-state index contributed by atoms with van der Waals surface area (Å²) in [6.07, 6.45) is 3.17. The predicted molar refractivity (Wildman–Crippen MR) is 120 cm³/mol. The van der Waals surface area contributed by atoms with Crippen LogP contribution in [0, 0.1) is 3.70 Å². The molecule has 8 nitrogen and oxygen atoms in total. The van der Waals surface area contributed by atoms with E-state index in [4.69, 9.17) is 10.2 Å². The molecule has 144 valence electrons. The average Bonchev–Trinajstić information content (AvgIpc) is 3.36. The maximum absolute atomic E-state index is 12.7. The second kappa shape index (κ2) is 6.88. The Morgan fingerprint density at radius 2 is 2.03 bits per heavy atom. The summed E-state index contributed by atoms with van der Waals surface area (Å²) in [5, 5.41) is 6.63. The number of anilines is 1. The van der Waals surface area contributed by atoms with Gasteiger partial charge in [0, 0.05) is 17.1 Å². The second-order valence-corrected chi connectivity index (χ2v) is 8.32. The van der Waals surface area contributed by atoms with E-state index in [1.54, 1.807) is 22.5 Å². The zero-order chi connectivity index (χ0) is 20.1. The van der Waals surface area contributed by atoms with Crippen molar-refractivity contribution in [2.45, 2.75) is 13.0 Å². The fourth-order valence-corrected chi connectivity index (χ4v) is 4.87. The summed E-state index contributed by atoms with van der Waals surface area (Å²) in [4.78, 5) is 26.3. The molecule has 0 aliphatic carbocycles. The number of nitrogens with two attached hydrogens (primary N) is 1. The molecule has 10 heteroatoms. The molecule has 0 aliphatic rings. The molecule has 0 radical (unpaired) electrons. The van der Waals surface area contributed by atoms with E-state index in [0.717, 1.165) is 15.8 Å². The SMILES string of the molecule is CC(c1oc(=O)c2ccccc2c1-c1cncs1)n1nc(I)c2c(N)ncnc21. The normalized spacial score (nSPS) is 12.6. The van der Waals surface area contributed by atoms with Crippen molar-refractivity contribution < 1.29 is 4.42 Å². The Hall–Kier alpha value is -2.86. The van der Waals surface area contributed by atoms with Crippen molar-refractivity contribution in [3.63, 3.8) is 0 Å². The Kier molecular flexibility index (Phi) is 4.32. The summed E-state index contributed by atoms with van der Waals surface area (Å²) in [7, 11) is 0. The van der Waals surface area contributed by atoms with Gasteiger partial charge in [-0.2, -0.15) is 5.10 Å². The van der Waals surface area contributed by atoms with Crippen molar-refractivity contribution in [1.82, 2.24) is 24.7 Å². The van der Waals surface area contributed by atoms with Gasteiger partial charge in [0.1, 0.15) is 27.6 Å². The average molecular weight is 516 g/mol. The van der Waals surface area contributed by atoms with Gasteiger partial charge in [0.2, 0.25) is 0 Å². The number of hydrogen-bond acceptors (Lipinski definition) is 8. The molecule has 0 saturated carbocycles. The van der Waals surface area contributed by atoms with Gasteiger partial charge in [-0.05, 0) is 35.6 Å².